The number of hydrazone groups is 1. The van der Waals surface area contributed by atoms with E-state index in [4.69, 9.17) is 11.6 Å². The Labute approximate surface area is 169 Å². The molecule has 0 spiro atoms. The third-order valence-electron chi connectivity index (χ3n) is 4.53. The Morgan fingerprint density at radius 2 is 1.68 bits per heavy atom. The first-order valence-electron chi connectivity index (χ1n) is 8.93. The third-order valence-corrected chi connectivity index (χ3v) is 4.76. The second-order valence-electron chi connectivity index (χ2n) is 6.38. The zero-order valence-corrected chi connectivity index (χ0v) is 16.1. The molecule has 0 amide bonds. The molecule has 0 saturated heterocycles. The van der Waals surface area contributed by atoms with Crippen LogP contribution in [0, 0.1) is 0 Å². The van der Waals surface area contributed by atoms with Gasteiger partial charge in [0.05, 0.1) is 17.4 Å². The van der Waals surface area contributed by atoms with Crippen LogP contribution in [-0.2, 0) is 0 Å². The van der Waals surface area contributed by atoms with Crippen LogP contribution in [0.5, 0.6) is 0 Å². The van der Waals surface area contributed by atoms with Crippen molar-refractivity contribution in [1.82, 2.24) is 4.98 Å². The molecule has 0 aliphatic carbocycles. The van der Waals surface area contributed by atoms with Gasteiger partial charge in [0, 0.05) is 35.0 Å². The van der Waals surface area contributed by atoms with Gasteiger partial charge in [-0.2, -0.15) is 5.10 Å². The first-order chi connectivity index (χ1) is 13.7. The van der Waals surface area contributed by atoms with Crippen LogP contribution in [0.3, 0.4) is 0 Å². The van der Waals surface area contributed by atoms with Gasteiger partial charge in [0.1, 0.15) is 0 Å². The maximum atomic E-state index is 6.04. The zero-order valence-electron chi connectivity index (χ0n) is 15.4. The van der Waals surface area contributed by atoms with E-state index >= 15 is 0 Å². The largest absolute Gasteiger partial charge is 0.345 e. The maximum absolute atomic E-state index is 6.04. The number of aromatic nitrogens is 1. The van der Waals surface area contributed by atoms with Crippen LogP contribution in [0.4, 0.5) is 17.1 Å². The number of nitrogens with zero attached hydrogens (tertiary/aromatic N) is 3. The van der Waals surface area contributed by atoms with E-state index in [2.05, 4.69) is 51.7 Å². The molecule has 0 bridgehead atoms. The lowest BCUT2D eigenvalue weighted by Gasteiger charge is -2.19. The molecular weight excluding hydrogens is 368 g/mol. The minimum atomic E-state index is 0.668. The third kappa shape index (κ3) is 3.97. The molecule has 138 valence electrons. The van der Waals surface area contributed by atoms with Gasteiger partial charge in [0.25, 0.3) is 0 Å². The number of pyridine rings is 1. The van der Waals surface area contributed by atoms with Crippen molar-refractivity contribution >= 4 is 45.8 Å². The van der Waals surface area contributed by atoms with E-state index in [1.807, 2.05) is 54.6 Å². The van der Waals surface area contributed by atoms with Gasteiger partial charge in [-0.3, -0.25) is 10.4 Å². The number of hydrogen-bond donors (Lipinski definition) is 1. The Hall–Kier alpha value is -3.37. The molecule has 4 rings (SSSR count). The van der Waals surface area contributed by atoms with Gasteiger partial charge in [-0.25, -0.2) is 0 Å². The number of benzene rings is 3. The summed E-state index contributed by atoms with van der Waals surface area (Å²) in [6.45, 7) is 0. The van der Waals surface area contributed by atoms with Crippen LogP contribution in [0.1, 0.15) is 5.56 Å². The summed E-state index contributed by atoms with van der Waals surface area (Å²) in [7, 11) is 2.06. The summed E-state index contributed by atoms with van der Waals surface area (Å²) in [5.41, 5.74) is 8.10. The van der Waals surface area contributed by atoms with Crippen LogP contribution in [0.15, 0.2) is 90.2 Å². The molecule has 0 unspecified atom stereocenters. The Bertz CT molecular complexity index is 1110. The summed E-state index contributed by atoms with van der Waals surface area (Å²) in [5, 5.41) is 6.01. The molecule has 4 aromatic rings. The fourth-order valence-corrected chi connectivity index (χ4v) is 3.15. The predicted molar refractivity (Wildman–Crippen MR) is 119 cm³/mol. The van der Waals surface area contributed by atoms with Gasteiger partial charge in [-0.05, 0) is 54.1 Å². The van der Waals surface area contributed by atoms with Crippen molar-refractivity contribution in [3.8, 4) is 0 Å². The number of rotatable bonds is 5. The number of fused-ring (bicyclic) bond motifs is 1. The highest BCUT2D eigenvalue weighted by Crippen LogP contribution is 2.25. The summed E-state index contributed by atoms with van der Waals surface area (Å²) in [4.78, 5) is 6.49. The van der Waals surface area contributed by atoms with E-state index in [0.29, 0.717) is 5.02 Å². The normalized spacial score (nSPS) is 11.1. The lowest BCUT2D eigenvalue weighted by atomic mass is 10.2. The summed E-state index contributed by atoms with van der Waals surface area (Å²) < 4.78 is 0. The molecule has 1 heterocycles. The predicted octanol–water partition coefficient (Wildman–Crippen LogP) is 6.10. The SMILES string of the molecule is CN(c1ccccc1)c1ccc(C=NNc2ccnc3cc(Cl)ccc23)cc1. The highest BCUT2D eigenvalue weighted by molar-refractivity contribution is 6.31. The van der Waals surface area contributed by atoms with E-state index in [-0.39, 0.29) is 0 Å². The van der Waals surface area contributed by atoms with Crippen LogP contribution in [0.2, 0.25) is 5.02 Å². The van der Waals surface area contributed by atoms with Crippen molar-refractivity contribution in [2.75, 3.05) is 17.4 Å². The standard InChI is InChI=1S/C23H19ClN4/c1-28(19-5-3-2-4-6-19)20-10-7-17(8-11-20)16-26-27-22-13-14-25-23-15-18(24)9-12-21(22)23/h2-16H,1H3,(H,25,27). The van der Waals surface area contributed by atoms with Crippen LogP contribution >= 0.6 is 11.6 Å². The average Bonchev–Trinajstić information content (AvgIpc) is 2.74. The fourth-order valence-electron chi connectivity index (χ4n) is 2.98. The molecule has 0 saturated carbocycles. The molecule has 0 aliphatic heterocycles. The summed E-state index contributed by atoms with van der Waals surface area (Å²) in [6, 6.07) is 26.1. The summed E-state index contributed by atoms with van der Waals surface area (Å²) in [5.74, 6) is 0. The van der Waals surface area contributed by atoms with Gasteiger partial charge < -0.3 is 4.90 Å². The molecule has 0 fully saturated rings. The highest BCUT2D eigenvalue weighted by atomic mass is 35.5. The minimum absolute atomic E-state index is 0.668. The van der Waals surface area contributed by atoms with Crippen LogP contribution in [-0.4, -0.2) is 18.2 Å². The van der Waals surface area contributed by atoms with E-state index in [0.717, 1.165) is 33.5 Å². The second kappa shape index (κ2) is 8.11. The Balaban J connectivity index is 1.47. The molecular formula is C23H19ClN4. The monoisotopic (exact) mass is 386 g/mol. The molecule has 5 heteroatoms. The number of anilines is 3. The van der Waals surface area contributed by atoms with Gasteiger partial charge >= 0.3 is 0 Å². The number of para-hydroxylation sites is 1. The molecule has 1 N–H and O–H groups in total. The van der Waals surface area contributed by atoms with Crippen LogP contribution in [0.25, 0.3) is 10.9 Å². The van der Waals surface area contributed by atoms with Crippen molar-refractivity contribution in [2.24, 2.45) is 5.10 Å². The van der Waals surface area contributed by atoms with E-state index in [1.54, 1.807) is 12.4 Å². The van der Waals surface area contributed by atoms with Crippen LogP contribution < -0.4 is 10.3 Å². The van der Waals surface area contributed by atoms with Crippen molar-refractivity contribution in [3.63, 3.8) is 0 Å². The summed E-state index contributed by atoms with van der Waals surface area (Å²) in [6.07, 6.45) is 3.54. The lowest BCUT2D eigenvalue weighted by molar-refractivity contribution is 1.21. The first-order valence-corrected chi connectivity index (χ1v) is 9.31. The smallest absolute Gasteiger partial charge is 0.0738 e. The lowest BCUT2D eigenvalue weighted by Crippen LogP contribution is -2.08. The summed E-state index contributed by atoms with van der Waals surface area (Å²) >= 11 is 6.04. The van der Waals surface area contributed by atoms with Gasteiger partial charge in [0.2, 0.25) is 0 Å². The van der Waals surface area contributed by atoms with E-state index in [1.165, 1.54) is 0 Å². The second-order valence-corrected chi connectivity index (χ2v) is 6.81. The highest BCUT2D eigenvalue weighted by Gasteiger charge is 2.03. The molecule has 28 heavy (non-hydrogen) atoms. The fraction of sp³-hybridized carbons (Fsp3) is 0.0435. The topological polar surface area (TPSA) is 40.5 Å². The van der Waals surface area contributed by atoms with E-state index in [9.17, 15) is 0 Å². The Kier molecular flexibility index (Phi) is 5.22. The number of hydrogen-bond acceptors (Lipinski definition) is 4. The average molecular weight is 387 g/mol. The van der Waals surface area contributed by atoms with Gasteiger partial charge in [-0.15, -0.1) is 0 Å². The van der Waals surface area contributed by atoms with Crippen molar-refractivity contribution in [3.05, 3.63) is 95.6 Å². The Morgan fingerprint density at radius 3 is 2.46 bits per heavy atom. The molecule has 4 nitrogen and oxygen atoms in total. The van der Waals surface area contributed by atoms with Gasteiger partial charge in [0.15, 0.2) is 0 Å². The molecule has 3 aromatic carbocycles. The minimum Gasteiger partial charge on any atom is -0.345 e. The quantitative estimate of drug-likeness (QED) is 0.332. The van der Waals surface area contributed by atoms with Crippen molar-refractivity contribution < 1.29 is 0 Å². The zero-order chi connectivity index (χ0) is 19.3. The number of nitrogens with one attached hydrogen (secondary N) is 1. The molecule has 0 radical (unpaired) electrons. The van der Waals surface area contributed by atoms with Gasteiger partial charge in [-0.1, -0.05) is 41.9 Å². The Morgan fingerprint density at radius 1 is 0.929 bits per heavy atom. The first kappa shape index (κ1) is 18.0. The number of halogens is 1. The van der Waals surface area contributed by atoms with Crippen molar-refractivity contribution in [2.45, 2.75) is 0 Å². The van der Waals surface area contributed by atoms with E-state index < -0.39 is 0 Å². The maximum Gasteiger partial charge on any atom is 0.0738 e. The molecule has 0 atom stereocenters. The van der Waals surface area contributed by atoms with Crippen molar-refractivity contribution in [1.29, 1.82) is 0 Å². The molecule has 1 aromatic heterocycles. The molecule has 0 aliphatic rings.